The minimum atomic E-state index is -0.340. The zero-order chi connectivity index (χ0) is 20.1. The van der Waals surface area contributed by atoms with Crippen molar-refractivity contribution in [1.82, 2.24) is 9.55 Å². The van der Waals surface area contributed by atoms with E-state index in [1.807, 2.05) is 48.9 Å². The van der Waals surface area contributed by atoms with Crippen molar-refractivity contribution in [1.29, 1.82) is 5.41 Å². The van der Waals surface area contributed by atoms with Gasteiger partial charge in [-0.15, -0.1) is 12.4 Å². The van der Waals surface area contributed by atoms with Gasteiger partial charge in [-0.3, -0.25) is 5.41 Å². The molecule has 0 amide bonds. The van der Waals surface area contributed by atoms with E-state index >= 15 is 0 Å². The van der Waals surface area contributed by atoms with Crippen molar-refractivity contribution in [3.8, 4) is 0 Å². The number of anilines is 1. The van der Waals surface area contributed by atoms with Gasteiger partial charge in [-0.2, -0.15) is 0 Å². The maximum absolute atomic E-state index is 11.9. The first-order valence-corrected chi connectivity index (χ1v) is 9.21. The molecule has 0 fully saturated rings. The van der Waals surface area contributed by atoms with Crippen LogP contribution < -0.4 is 5.32 Å². The normalized spacial score (nSPS) is 10.3. The maximum Gasteiger partial charge on any atom is 0.338 e. The molecule has 154 valence electrons. The number of ether oxygens (including phenoxy) is 2. The lowest BCUT2D eigenvalue weighted by Gasteiger charge is -2.09. The summed E-state index contributed by atoms with van der Waals surface area (Å²) in [7, 11) is 1.95. The number of rotatable bonds is 7. The van der Waals surface area contributed by atoms with Crippen molar-refractivity contribution < 1.29 is 14.3 Å². The van der Waals surface area contributed by atoms with E-state index in [4.69, 9.17) is 14.9 Å². The summed E-state index contributed by atoms with van der Waals surface area (Å²) in [6.07, 6.45) is 0. The quantitative estimate of drug-likeness (QED) is 0.343. The summed E-state index contributed by atoms with van der Waals surface area (Å²) in [6.45, 7) is 4.99. The summed E-state index contributed by atoms with van der Waals surface area (Å²) in [4.78, 5) is 16.6. The summed E-state index contributed by atoms with van der Waals surface area (Å²) in [6, 6.07) is 12.9. The fraction of sp³-hybridized carbons (Fsp3) is 0.286. The van der Waals surface area contributed by atoms with E-state index in [0.717, 1.165) is 28.1 Å². The molecule has 0 spiro atoms. The molecular weight excluding hydrogens is 392 g/mol. The van der Waals surface area contributed by atoms with Crippen LogP contribution in [0.3, 0.4) is 0 Å². The van der Waals surface area contributed by atoms with Gasteiger partial charge in [-0.1, -0.05) is 0 Å². The molecular formula is C21H25ClN4O3. The summed E-state index contributed by atoms with van der Waals surface area (Å²) in [5, 5.41) is 11.1. The van der Waals surface area contributed by atoms with Crippen LogP contribution in [0.2, 0.25) is 0 Å². The third kappa shape index (κ3) is 5.06. The highest BCUT2D eigenvalue weighted by atomic mass is 35.5. The third-order valence-electron chi connectivity index (χ3n) is 4.37. The van der Waals surface area contributed by atoms with E-state index in [1.165, 1.54) is 0 Å². The van der Waals surface area contributed by atoms with Gasteiger partial charge in [0.15, 0.2) is 0 Å². The molecule has 0 aliphatic heterocycles. The van der Waals surface area contributed by atoms with Crippen molar-refractivity contribution in [3.63, 3.8) is 0 Å². The Bertz CT molecular complexity index is 999. The molecule has 0 atom stereocenters. The molecule has 8 heteroatoms. The van der Waals surface area contributed by atoms with Gasteiger partial charge in [0.25, 0.3) is 0 Å². The standard InChI is InChI=1S/C21H24N4O3.ClH/c1-4-27-20(22)14-6-9-16(10-7-14)23-13-19-24-17-12-15(21(26)28-5-2)8-11-18(17)25(19)3;/h6-12,22-23H,4-5,13H2,1-3H3;1H. The number of aromatic nitrogens is 2. The highest BCUT2D eigenvalue weighted by Crippen LogP contribution is 2.19. The largest absolute Gasteiger partial charge is 0.478 e. The molecule has 2 aromatic carbocycles. The molecule has 2 N–H and O–H groups in total. The van der Waals surface area contributed by atoms with Gasteiger partial charge in [-0.05, 0) is 56.3 Å². The van der Waals surface area contributed by atoms with Gasteiger partial charge in [0, 0.05) is 18.3 Å². The Morgan fingerprint density at radius 1 is 1.07 bits per heavy atom. The molecule has 29 heavy (non-hydrogen) atoms. The zero-order valence-corrected chi connectivity index (χ0v) is 17.5. The fourth-order valence-electron chi connectivity index (χ4n) is 2.90. The Morgan fingerprint density at radius 2 is 1.72 bits per heavy atom. The fourth-order valence-corrected chi connectivity index (χ4v) is 2.90. The number of nitrogens with one attached hydrogen (secondary N) is 2. The second-order valence-electron chi connectivity index (χ2n) is 6.20. The molecule has 3 aromatic rings. The van der Waals surface area contributed by atoms with Crippen molar-refractivity contribution in [2.24, 2.45) is 7.05 Å². The van der Waals surface area contributed by atoms with Gasteiger partial charge in [0.1, 0.15) is 5.82 Å². The van der Waals surface area contributed by atoms with E-state index < -0.39 is 0 Å². The summed E-state index contributed by atoms with van der Waals surface area (Å²) < 4.78 is 12.3. The van der Waals surface area contributed by atoms with Crippen molar-refractivity contribution in [2.75, 3.05) is 18.5 Å². The highest BCUT2D eigenvalue weighted by Gasteiger charge is 2.12. The molecule has 1 aromatic heterocycles. The number of carbonyl (C=O) groups excluding carboxylic acids is 1. The Hall–Kier alpha value is -3.06. The number of nitrogens with zero attached hydrogens (tertiary/aromatic N) is 2. The van der Waals surface area contributed by atoms with E-state index in [2.05, 4.69) is 10.3 Å². The second-order valence-corrected chi connectivity index (χ2v) is 6.20. The number of halogens is 1. The number of esters is 1. The molecule has 0 aliphatic rings. The summed E-state index contributed by atoms with van der Waals surface area (Å²) in [5.41, 5.74) is 3.86. The monoisotopic (exact) mass is 416 g/mol. The molecule has 0 aliphatic carbocycles. The third-order valence-corrected chi connectivity index (χ3v) is 4.37. The van der Waals surface area contributed by atoms with Gasteiger partial charge in [0.05, 0.1) is 36.4 Å². The van der Waals surface area contributed by atoms with Crippen molar-refractivity contribution in [2.45, 2.75) is 20.4 Å². The molecule has 3 rings (SSSR count). The van der Waals surface area contributed by atoms with Crippen LogP contribution in [0.15, 0.2) is 42.5 Å². The maximum atomic E-state index is 11.9. The topological polar surface area (TPSA) is 89.2 Å². The van der Waals surface area contributed by atoms with Crippen molar-refractivity contribution in [3.05, 3.63) is 59.4 Å². The molecule has 7 nitrogen and oxygen atoms in total. The van der Waals surface area contributed by atoms with Gasteiger partial charge >= 0.3 is 5.97 Å². The first-order chi connectivity index (χ1) is 13.5. The number of hydrogen-bond donors (Lipinski definition) is 2. The number of hydrogen-bond acceptors (Lipinski definition) is 6. The minimum absolute atomic E-state index is 0. The van der Waals surface area contributed by atoms with Crippen LogP contribution >= 0.6 is 12.4 Å². The Morgan fingerprint density at radius 3 is 2.38 bits per heavy atom. The number of aryl methyl sites for hydroxylation is 1. The van der Waals surface area contributed by atoms with E-state index in [9.17, 15) is 4.79 Å². The van der Waals surface area contributed by atoms with E-state index in [-0.39, 0.29) is 24.3 Å². The smallest absolute Gasteiger partial charge is 0.338 e. The van der Waals surface area contributed by atoms with Crippen LogP contribution in [0.5, 0.6) is 0 Å². The molecule has 0 bridgehead atoms. The first kappa shape index (κ1) is 22.2. The number of carbonyl (C=O) groups is 1. The zero-order valence-electron chi connectivity index (χ0n) is 16.7. The average molecular weight is 417 g/mol. The summed E-state index contributed by atoms with van der Waals surface area (Å²) in [5.74, 6) is 0.677. The predicted octanol–water partition coefficient (Wildman–Crippen LogP) is 4.15. The van der Waals surface area contributed by atoms with Gasteiger partial charge in [0.2, 0.25) is 5.90 Å². The van der Waals surface area contributed by atoms with Crippen LogP contribution in [-0.4, -0.2) is 34.6 Å². The Kier molecular flexibility index (Phi) is 7.61. The number of fused-ring (bicyclic) bond motifs is 1. The molecule has 0 radical (unpaired) electrons. The predicted molar refractivity (Wildman–Crippen MR) is 116 cm³/mol. The SMILES string of the molecule is CCOC(=N)c1ccc(NCc2nc3cc(C(=O)OCC)ccc3n2C)cc1.Cl. The van der Waals surface area contributed by atoms with Crippen LogP contribution in [0.1, 0.15) is 35.6 Å². The Balaban J connectivity index is 0.00000300. The molecule has 0 saturated heterocycles. The van der Waals surface area contributed by atoms with E-state index in [0.29, 0.717) is 25.3 Å². The Labute approximate surface area is 176 Å². The van der Waals surface area contributed by atoms with Crippen LogP contribution in [0.4, 0.5) is 5.69 Å². The van der Waals surface area contributed by atoms with Crippen LogP contribution in [0, 0.1) is 5.41 Å². The molecule has 1 heterocycles. The van der Waals surface area contributed by atoms with Gasteiger partial charge < -0.3 is 19.4 Å². The lowest BCUT2D eigenvalue weighted by molar-refractivity contribution is 0.0526. The second kappa shape index (κ2) is 9.93. The van der Waals surface area contributed by atoms with Crippen LogP contribution in [0.25, 0.3) is 11.0 Å². The number of benzene rings is 2. The summed E-state index contributed by atoms with van der Waals surface area (Å²) >= 11 is 0. The lowest BCUT2D eigenvalue weighted by Crippen LogP contribution is -2.07. The van der Waals surface area contributed by atoms with Gasteiger partial charge in [-0.25, -0.2) is 9.78 Å². The van der Waals surface area contributed by atoms with Crippen LogP contribution in [-0.2, 0) is 23.1 Å². The first-order valence-electron chi connectivity index (χ1n) is 9.21. The molecule has 0 unspecified atom stereocenters. The minimum Gasteiger partial charge on any atom is -0.478 e. The van der Waals surface area contributed by atoms with E-state index in [1.54, 1.807) is 19.1 Å². The molecule has 0 saturated carbocycles. The lowest BCUT2D eigenvalue weighted by atomic mass is 10.2. The van der Waals surface area contributed by atoms with Crippen molar-refractivity contribution >= 4 is 41.0 Å². The average Bonchev–Trinajstić information content (AvgIpc) is 3.02. The number of imidazole rings is 1. The highest BCUT2D eigenvalue weighted by molar-refractivity contribution is 5.94.